The molecule has 0 saturated carbocycles. The maximum absolute atomic E-state index is 12.7. The summed E-state index contributed by atoms with van der Waals surface area (Å²) >= 11 is 3.48. The van der Waals surface area contributed by atoms with Crippen molar-refractivity contribution < 1.29 is 9.47 Å². The number of rotatable bonds is 5. The van der Waals surface area contributed by atoms with Crippen molar-refractivity contribution in [2.45, 2.75) is 13.8 Å². The number of methoxy groups -OCH3 is 1. The number of nitrogens with zero attached hydrogens (tertiary/aromatic N) is 3. The Kier molecular flexibility index (Phi) is 5.37. The Balaban J connectivity index is 2.04. The van der Waals surface area contributed by atoms with E-state index in [2.05, 4.69) is 26.0 Å². The molecule has 1 aromatic heterocycles. The minimum Gasteiger partial charge on any atom is -0.493 e. The van der Waals surface area contributed by atoms with Crippen molar-refractivity contribution in [1.29, 1.82) is 0 Å². The van der Waals surface area contributed by atoms with Crippen LogP contribution < -0.4 is 15.0 Å². The monoisotopic (exact) mass is 415 g/mol. The summed E-state index contributed by atoms with van der Waals surface area (Å²) in [6.07, 6.45) is 1.59. The van der Waals surface area contributed by atoms with Crippen LogP contribution in [-0.4, -0.2) is 29.6 Å². The Labute approximate surface area is 159 Å². The summed E-state index contributed by atoms with van der Waals surface area (Å²) in [5.41, 5.74) is 1.21. The van der Waals surface area contributed by atoms with Gasteiger partial charge in [0, 0.05) is 0 Å². The van der Waals surface area contributed by atoms with E-state index in [1.807, 2.05) is 31.2 Å². The van der Waals surface area contributed by atoms with Gasteiger partial charge in [-0.3, -0.25) is 4.79 Å². The minimum atomic E-state index is -0.207. The van der Waals surface area contributed by atoms with Crippen LogP contribution in [0.3, 0.4) is 0 Å². The van der Waals surface area contributed by atoms with Gasteiger partial charge in [-0.2, -0.15) is 9.78 Å². The van der Waals surface area contributed by atoms with Gasteiger partial charge in [0.2, 0.25) is 0 Å². The Morgan fingerprint density at radius 2 is 2.08 bits per heavy atom. The largest absolute Gasteiger partial charge is 0.493 e. The summed E-state index contributed by atoms with van der Waals surface area (Å²) in [6, 6.07) is 10.9. The molecule has 0 aliphatic heterocycles. The first-order chi connectivity index (χ1) is 12.5. The Morgan fingerprint density at radius 1 is 1.31 bits per heavy atom. The number of fused-ring (bicyclic) bond motifs is 1. The van der Waals surface area contributed by atoms with Crippen molar-refractivity contribution >= 4 is 33.0 Å². The fraction of sp³-hybridized carbons (Fsp3) is 0.211. The summed E-state index contributed by atoms with van der Waals surface area (Å²) in [7, 11) is 1.58. The molecule has 0 bridgehead atoms. The first kappa shape index (κ1) is 18.1. The van der Waals surface area contributed by atoms with Crippen LogP contribution in [0.2, 0.25) is 0 Å². The van der Waals surface area contributed by atoms with Crippen LogP contribution in [0.25, 0.3) is 10.9 Å². The molecule has 0 atom stereocenters. The molecular weight excluding hydrogens is 398 g/mol. The van der Waals surface area contributed by atoms with Gasteiger partial charge >= 0.3 is 0 Å². The molecule has 2 aromatic carbocycles. The molecule has 0 spiro atoms. The van der Waals surface area contributed by atoms with Crippen LogP contribution in [0.5, 0.6) is 11.5 Å². The maximum atomic E-state index is 12.7. The molecule has 0 unspecified atom stereocenters. The van der Waals surface area contributed by atoms with Crippen LogP contribution in [0.4, 0.5) is 0 Å². The number of halogens is 1. The van der Waals surface area contributed by atoms with E-state index in [0.29, 0.717) is 34.8 Å². The molecule has 6 nitrogen and oxygen atoms in total. The van der Waals surface area contributed by atoms with E-state index in [1.54, 1.807) is 32.4 Å². The number of benzene rings is 2. The highest BCUT2D eigenvalue weighted by molar-refractivity contribution is 9.10. The average molecular weight is 416 g/mol. The molecule has 0 N–H and O–H groups in total. The van der Waals surface area contributed by atoms with Gasteiger partial charge in [0.15, 0.2) is 11.5 Å². The van der Waals surface area contributed by atoms with Gasteiger partial charge in [-0.15, -0.1) is 0 Å². The standard InChI is InChI=1S/C19H18BrN3O3/c1-4-26-18-15(20)9-13(10-17(18)25-3)11-21-23-12(2)22-16-8-6-5-7-14(16)19(23)24/h5-11H,4H2,1-3H3. The SMILES string of the molecule is CCOc1c(Br)cc(C=Nn2c(C)nc3ccccc3c2=O)cc1OC. The van der Waals surface area contributed by atoms with Gasteiger partial charge in [-0.05, 0) is 59.6 Å². The first-order valence-electron chi connectivity index (χ1n) is 8.08. The third-order valence-corrected chi connectivity index (χ3v) is 4.37. The summed E-state index contributed by atoms with van der Waals surface area (Å²) in [6.45, 7) is 4.18. The summed E-state index contributed by atoms with van der Waals surface area (Å²) in [5, 5.41) is 4.85. The minimum absolute atomic E-state index is 0.207. The Hall–Kier alpha value is -2.67. The molecule has 3 aromatic rings. The molecule has 1 heterocycles. The van der Waals surface area contributed by atoms with E-state index >= 15 is 0 Å². The molecule has 26 heavy (non-hydrogen) atoms. The molecule has 0 radical (unpaired) electrons. The van der Waals surface area contributed by atoms with Gasteiger partial charge in [0.1, 0.15) is 5.82 Å². The van der Waals surface area contributed by atoms with Gasteiger partial charge in [-0.1, -0.05) is 12.1 Å². The second kappa shape index (κ2) is 7.70. The fourth-order valence-corrected chi connectivity index (χ4v) is 3.17. The number of hydrogen-bond donors (Lipinski definition) is 0. The van der Waals surface area contributed by atoms with Gasteiger partial charge < -0.3 is 9.47 Å². The van der Waals surface area contributed by atoms with Crippen molar-refractivity contribution in [2.24, 2.45) is 5.10 Å². The van der Waals surface area contributed by atoms with Crippen molar-refractivity contribution in [3.8, 4) is 11.5 Å². The highest BCUT2D eigenvalue weighted by Crippen LogP contribution is 2.36. The predicted molar refractivity (Wildman–Crippen MR) is 106 cm³/mol. The Bertz CT molecular complexity index is 1040. The zero-order valence-electron chi connectivity index (χ0n) is 14.7. The zero-order chi connectivity index (χ0) is 18.7. The van der Waals surface area contributed by atoms with Gasteiger partial charge in [0.05, 0.1) is 35.3 Å². The number of para-hydroxylation sites is 1. The molecule has 0 aliphatic rings. The number of ether oxygens (including phenoxy) is 2. The molecular formula is C19H18BrN3O3. The normalized spacial score (nSPS) is 11.2. The van der Waals surface area contributed by atoms with E-state index in [-0.39, 0.29) is 5.56 Å². The van der Waals surface area contributed by atoms with Crippen molar-refractivity contribution in [3.63, 3.8) is 0 Å². The molecule has 0 amide bonds. The zero-order valence-corrected chi connectivity index (χ0v) is 16.3. The Morgan fingerprint density at radius 3 is 2.81 bits per heavy atom. The van der Waals surface area contributed by atoms with E-state index in [1.165, 1.54) is 4.68 Å². The van der Waals surface area contributed by atoms with Crippen LogP contribution in [0.1, 0.15) is 18.3 Å². The van der Waals surface area contributed by atoms with Crippen LogP contribution >= 0.6 is 15.9 Å². The fourth-order valence-electron chi connectivity index (χ4n) is 2.59. The smallest absolute Gasteiger partial charge is 0.282 e. The average Bonchev–Trinajstić information content (AvgIpc) is 2.63. The third kappa shape index (κ3) is 3.48. The van der Waals surface area contributed by atoms with E-state index in [0.717, 1.165) is 10.0 Å². The molecule has 0 aliphatic carbocycles. The number of aryl methyl sites for hydroxylation is 1. The van der Waals surface area contributed by atoms with Crippen molar-refractivity contribution in [2.75, 3.05) is 13.7 Å². The lowest BCUT2D eigenvalue weighted by molar-refractivity contribution is 0.309. The number of aromatic nitrogens is 2. The van der Waals surface area contributed by atoms with Crippen LogP contribution in [0, 0.1) is 6.92 Å². The molecule has 0 saturated heterocycles. The first-order valence-corrected chi connectivity index (χ1v) is 8.87. The topological polar surface area (TPSA) is 65.7 Å². The van der Waals surface area contributed by atoms with E-state index < -0.39 is 0 Å². The van der Waals surface area contributed by atoms with Crippen molar-refractivity contribution in [1.82, 2.24) is 9.66 Å². The summed E-state index contributed by atoms with van der Waals surface area (Å²) in [5.74, 6) is 1.73. The van der Waals surface area contributed by atoms with Crippen molar-refractivity contribution in [3.05, 3.63) is 62.6 Å². The highest BCUT2D eigenvalue weighted by Gasteiger charge is 2.11. The second-order valence-electron chi connectivity index (χ2n) is 5.50. The molecule has 134 valence electrons. The van der Waals surface area contributed by atoms with Gasteiger partial charge in [-0.25, -0.2) is 4.98 Å². The highest BCUT2D eigenvalue weighted by atomic mass is 79.9. The van der Waals surface area contributed by atoms with Crippen LogP contribution in [0.15, 0.2) is 50.8 Å². The maximum Gasteiger partial charge on any atom is 0.282 e. The van der Waals surface area contributed by atoms with E-state index in [9.17, 15) is 4.79 Å². The molecule has 3 rings (SSSR count). The van der Waals surface area contributed by atoms with E-state index in [4.69, 9.17) is 9.47 Å². The third-order valence-electron chi connectivity index (χ3n) is 3.78. The predicted octanol–water partition coefficient (Wildman–Crippen LogP) is 3.76. The van der Waals surface area contributed by atoms with Gasteiger partial charge in [0.25, 0.3) is 5.56 Å². The lowest BCUT2D eigenvalue weighted by Crippen LogP contribution is -2.20. The lowest BCUT2D eigenvalue weighted by Gasteiger charge is -2.12. The number of hydrogen-bond acceptors (Lipinski definition) is 5. The summed E-state index contributed by atoms with van der Waals surface area (Å²) in [4.78, 5) is 17.1. The lowest BCUT2D eigenvalue weighted by atomic mass is 10.2. The second-order valence-corrected chi connectivity index (χ2v) is 6.36. The molecule has 0 fully saturated rings. The molecule has 7 heteroatoms. The van der Waals surface area contributed by atoms with Crippen LogP contribution in [-0.2, 0) is 0 Å². The quantitative estimate of drug-likeness (QED) is 0.595. The summed E-state index contributed by atoms with van der Waals surface area (Å²) < 4.78 is 13.0.